The molecule has 2 aromatic carbocycles. The molecule has 124 valence electrons. The molecule has 0 aromatic heterocycles. The number of carbonyl (C=O) groups is 1. The molecule has 0 aliphatic carbocycles. The smallest absolute Gasteiger partial charge is 0.256 e. The molecule has 4 nitrogen and oxygen atoms in total. The normalized spacial score (nSPS) is 21.5. The lowest BCUT2D eigenvalue weighted by molar-refractivity contribution is -0.0394. The van der Waals surface area contributed by atoms with E-state index in [1.54, 1.807) is 24.0 Å². The number of aliphatic hydroxyl groups excluding tert-OH is 1. The molecule has 1 aliphatic rings. The van der Waals surface area contributed by atoms with Gasteiger partial charge < -0.3 is 14.7 Å². The zero-order chi connectivity index (χ0) is 17.1. The largest absolute Gasteiger partial charge is 0.384 e. The molecule has 1 N–H and O–H groups in total. The highest BCUT2D eigenvalue weighted by Crippen LogP contribution is 2.34. The summed E-state index contributed by atoms with van der Waals surface area (Å²) in [7, 11) is 0. The second-order valence-corrected chi connectivity index (χ2v) is 6.02. The Morgan fingerprint density at radius 3 is 2.33 bits per heavy atom. The molecule has 24 heavy (non-hydrogen) atoms. The van der Waals surface area contributed by atoms with Crippen molar-refractivity contribution in [3.8, 4) is 0 Å². The SMILES string of the molecule is C=C(C)[C@@H](O)[C@@H]1OC[C@H](c2ccccc2)N1C(=O)c1ccccc1. The molecule has 1 aliphatic heterocycles. The van der Waals surface area contributed by atoms with E-state index in [0.717, 1.165) is 5.56 Å². The standard InChI is InChI=1S/C20H21NO3/c1-14(2)18(22)20-21(19(23)16-11-7-4-8-12-16)17(13-24-20)15-9-5-3-6-10-15/h3-12,17-18,20,22H,1,13H2,2H3/t17-,18-,20+/m1/s1. The van der Waals surface area contributed by atoms with Crippen LogP contribution in [0.5, 0.6) is 0 Å². The van der Waals surface area contributed by atoms with Crippen LogP contribution in [0, 0.1) is 0 Å². The summed E-state index contributed by atoms with van der Waals surface area (Å²) in [5.74, 6) is -0.160. The van der Waals surface area contributed by atoms with Gasteiger partial charge in [-0.25, -0.2) is 0 Å². The minimum absolute atomic E-state index is 0.160. The summed E-state index contributed by atoms with van der Waals surface area (Å²) >= 11 is 0. The number of nitrogens with zero attached hydrogens (tertiary/aromatic N) is 1. The van der Waals surface area contributed by atoms with Gasteiger partial charge in [-0.1, -0.05) is 55.1 Å². The molecule has 1 amide bonds. The van der Waals surface area contributed by atoms with E-state index in [0.29, 0.717) is 17.7 Å². The Morgan fingerprint density at radius 1 is 1.17 bits per heavy atom. The molecule has 1 heterocycles. The van der Waals surface area contributed by atoms with Crippen LogP contribution in [0.1, 0.15) is 28.9 Å². The summed E-state index contributed by atoms with van der Waals surface area (Å²) in [6.07, 6.45) is -1.66. The fourth-order valence-corrected chi connectivity index (χ4v) is 2.93. The molecule has 3 rings (SSSR count). The first-order chi connectivity index (χ1) is 11.6. The van der Waals surface area contributed by atoms with Crippen LogP contribution in [-0.4, -0.2) is 34.9 Å². The van der Waals surface area contributed by atoms with E-state index in [9.17, 15) is 9.90 Å². The molecule has 4 heteroatoms. The van der Waals surface area contributed by atoms with Crippen molar-refractivity contribution in [3.05, 3.63) is 83.9 Å². The highest BCUT2D eigenvalue weighted by atomic mass is 16.5. The number of rotatable bonds is 4. The summed E-state index contributed by atoms with van der Waals surface area (Å²) in [6.45, 7) is 5.87. The molecule has 0 bridgehead atoms. The summed E-state index contributed by atoms with van der Waals surface area (Å²) in [5.41, 5.74) is 2.13. The van der Waals surface area contributed by atoms with Gasteiger partial charge in [0.05, 0.1) is 12.6 Å². The van der Waals surface area contributed by atoms with E-state index < -0.39 is 12.3 Å². The zero-order valence-corrected chi connectivity index (χ0v) is 13.6. The van der Waals surface area contributed by atoms with Gasteiger partial charge in [0.25, 0.3) is 5.91 Å². The average molecular weight is 323 g/mol. The minimum Gasteiger partial charge on any atom is -0.384 e. The Hall–Kier alpha value is -2.43. The van der Waals surface area contributed by atoms with E-state index in [4.69, 9.17) is 4.74 Å². The molecule has 2 aromatic rings. The zero-order valence-electron chi connectivity index (χ0n) is 13.6. The summed E-state index contributed by atoms with van der Waals surface area (Å²) in [5, 5.41) is 10.4. The van der Waals surface area contributed by atoms with E-state index >= 15 is 0 Å². The van der Waals surface area contributed by atoms with Crippen LogP contribution in [0.2, 0.25) is 0 Å². The first kappa shape index (κ1) is 16.4. The van der Waals surface area contributed by atoms with Crippen molar-refractivity contribution in [2.24, 2.45) is 0 Å². The summed E-state index contributed by atoms with van der Waals surface area (Å²) in [6, 6.07) is 18.6. The Morgan fingerprint density at radius 2 is 1.75 bits per heavy atom. The van der Waals surface area contributed by atoms with Crippen molar-refractivity contribution < 1.29 is 14.6 Å². The van der Waals surface area contributed by atoms with Gasteiger partial charge in [0.2, 0.25) is 0 Å². The van der Waals surface area contributed by atoms with Gasteiger partial charge in [0.15, 0.2) is 6.23 Å². The van der Waals surface area contributed by atoms with Gasteiger partial charge in [-0.05, 0) is 30.2 Å². The maximum Gasteiger partial charge on any atom is 0.256 e. The van der Waals surface area contributed by atoms with Gasteiger partial charge in [-0.2, -0.15) is 0 Å². The molecule has 0 spiro atoms. The molecule has 1 fully saturated rings. The predicted molar refractivity (Wildman–Crippen MR) is 92.4 cm³/mol. The number of benzene rings is 2. The second-order valence-electron chi connectivity index (χ2n) is 6.02. The first-order valence-corrected chi connectivity index (χ1v) is 7.97. The van der Waals surface area contributed by atoms with Gasteiger partial charge in [0.1, 0.15) is 6.10 Å². The van der Waals surface area contributed by atoms with Gasteiger partial charge in [-0.3, -0.25) is 4.79 Å². The highest BCUT2D eigenvalue weighted by Gasteiger charge is 2.42. The Bertz CT molecular complexity index is 714. The topological polar surface area (TPSA) is 49.8 Å². The Labute approximate surface area is 142 Å². The molecule has 0 unspecified atom stereocenters. The monoisotopic (exact) mass is 323 g/mol. The van der Waals surface area contributed by atoms with Crippen LogP contribution >= 0.6 is 0 Å². The summed E-state index contributed by atoms with van der Waals surface area (Å²) < 4.78 is 5.79. The van der Waals surface area contributed by atoms with Crippen LogP contribution in [-0.2, 0) is 4.74 Å². The lowest BCUT2D eigenvalue weighted by atomic mass is 10.0. The van der Waals surface area contributed by atoms with Crippen LogP contribution in [0.4, 0.5) is 0 Å². The maximum absolute atomic E-state index is 13.1. The van der Waals surface area contributed by atoms with Crippen LogP contribution < -0.4 is 0 Å². The highest BCUT2D eigenvalue weighted by molar-refractivity contribution is 5.94. The van der Waals surface area contributed by atoms with Crippen molar-refractivity contribution >= 4 is 5.91 Å². The van der Waals surface area contributed by atoms with E-state index in [2.05, 4.69) is 6.58 Å². The fraction of sp³-hybridized carbons (Fsp3) is 0.250. The number of carbonyl (C=O) groups excluding carboxylic acids is 1. The first-order valence-electron chi connectivity index (χ1n) is 7.97. The van der Waals surface area contributed by atoms with Crippen molar-refractivity contribution in [3.63, 3.8) is 0 Å². The number of hydrogen-bond donors (Lipinski definition) is 1. The van der Waals surface area contributed by atoms with Gasteiger partial charge in [0, 0.05) is 5.56 Å². The molecule has 1 saturated heterocycles. The van der Waals surface area contributed by atoms with E-state index in [-0.39, 0.29) is 11.9 Å². The van der Waals surface area contributed by atoms with Gasteiger partial charge in [-0.15, -0.1) is 0 Å². The average Bonchev–Trinajstić information content (AvgIpc) is 3.06. The van der Waals surface area contributed by atoms with Crippen LogP contribution in [0.15, 0.2) is 72.8 Å². The molecule has 3 atom stereocenters. The number of hydrogen-bond acceptors (Lipinski definition) is 3. The van der Waals surface area contributed by atoms with Crippen molar-refractivity contribution in [2.75, 3.05) is 6.61 Å². The molecular formula is C20H21NO3. The fourth-order valence-electron chi connectivity index (χ4n) is 2.93. The van der Waals surface area contributed by atoms with Crippen LogP contribution in [0.3, 0.4) is 0 Å². The van der Waals surface area contributed by atoms with E-state index in [1.165, 1.54) is 0 Å². The van der Waals surface area contributed by atoms with Crippen molar-refractivity contribution in [1.29, 1.82) is 0 Å². The molecule has 0 radical (unpaired) electrons. The molecular weight excluding hydrogens is 302 g/mol. The van der Waals surface area contributed by atoms with Crippen LogP contribution in [0.25, 0.3) is 0 Å². The number of amides is 1. The van der Waals surface area contributed by atoms with Gasteiger partial charge >= 0.3 is 0 Å². The quantitative estimate of drug-likeness (QED) is 0.879. The number of aliphatic hydroxyl groups is 1. The third-order valence-electron chi connectivity index (χ3n) is 4.25. The Kier molecular flexibility index (Phi) is 4.79. The Balaban J connectivity index is 1.98. The minimum atomic E-state index is -0.925. The van der Waals surface area contributed by atoms with Crippen molar-refractivity contribution in [2.45, 2.75) is 25.3 Å². The number of ether oxygens (including phenoxy) is 1. The van der Waals surface area contributed by atoms with E-state index in [1.807, 2.05) is 48.5 Å². The maximum atomic E-state index is 13.1. The lowest BCUT2D eigenvalue weighted by Crippen LogP contribution is -2.45. The summed E-state index contributed by atoms with van der Waals surface area (Å²) in [4.78, 5) is 14.7. The molecule has 0 saturated carbocycles. The lowest BCUT2D eigenvalue weighted by Gasteiger charge is -2.31. The third-order valence-corrected chi connectivity index (χ3v) is 4.25. The third kappa shape index (κ3) is 3.11. The predicted octanol–water partition coefficient (Wildman–Crippen LogP) is 3.16. The second kappa shape index (κ2) is 6.99. The van der Waals surface area contributed by atoms with Crippen molar-refractivity contribution in [1.82, 2.24) is 4.90 Å².